The molecule has 4 heteroatoms. The summed E-state index contributed by atoms with van der Waals surface area (Å²) in [6.07, 6.45) is -0.683. The molecule has 90 valence electrons. The van der Waals surface area contributed by atoms with Crippen LogP contribution in [0.2, 0.25) is 10.0 Å². The Morgan fingerprint density at radius 3 is 2.50 bits per heavy atom. The normalized spacial score (nSPS) is 13.9. The zero-order valence-corrected chi connectivity index (χ0v) is 11.1. The standard InChI is InChI=1S/C12H16Cl2O2/c1-12(2,7-16-3)11(15)9-5-4-8(13)6-10(9)14/h4-6,11,15H,7H2,1-3H3/t11-/m0/s1. The summed E-state index contributed by atoms with van der Waals surface area (Å²) in [7, 11) is 1.61. The summed E-state index contributed by atoms with van der Waals surface area (Å²) in [5.41, 5.74) is 0.278. The molecule has 0 unspecified atom stereocenters. The summed E-state index contributed by atoms with van der Waals surface area (Å²) in [4.78, 5) is 0. The lowest BCUT2D eigenvalue weighted by Crippen LogP contribution is -2.27. The molecule has 0 bridgehead atoms. The molecule has 16 heavy (non-hydrogen) atoms. The molecule has 0 heterocycles. The number of rotatable bonds is 4. The van der Waals surface area contributed by atoms with Gasteiger partial charge in [-0.05, 0) is 17.7 Å². The van der Waals surface area contributed by atoms with Gasteiger partial charge in [0.1, 0.15) is 0 Å². The van der Waals surface area contributed by atoms with E-state index in [1.54, 1.807) is 25.3 Å². The maximum atomic E-state index is 10.2. The van der Waals surface area contributed by atoms with Gasteiger partial charge in [0.05, 0.1) is 12.7 Å². The molecular formula is C12H16Cl2O2. The van der Waals surface area contributed by atoms with Crippen molar-refractivity contribution in [2.75, 3.05) is 13.7 Å². The lowest BCUT2D eigenvalue weighted by Gasteiger charge is -2.30. The number of aliphatic hydroxyl groups is 1. The van der Waals surface area contributed by atoms with Crippen LogP contribution in [0.3, 0.4) is 0 Å². The van der Waals surface area contributed by atoms with Crippen LogP contribution in [0.1, 0.15) is 25.5 Å². The molecule has 0 aliphatic rings. The van der Waals surface area contributed by atoms with Crippen LogP contribution in [-0.4, -0.2) is 18.8 Å². The minimum atomic E-state index is -0.683. The van der Waals surface area contributed by atoms with Crippen molar-refractivity contribution < 1.29 is 9.84 Å². The second-order valence-electron chi connectivity index (χ2n) is 4.49. The van der Waals surface area contributed by atoms with Crippen LogP contribution in [0.25, 0.3) is 0 Å². The van der Waals surface area contributed by atoms with Crippen LogP contribution >= 0.6 is 23.2 Å². The first-order valence-electron chi connectivity index (χ1n) is 5.00. The van der Waals surface area contributed by atoms with Crippen LogP contribution in [0, 0.1) is 5.41 Å². The second-order valence-corrected chi connectivity index (χ2v) is 5.33. The lowest BCUT2D eigenvalue weighted by atomic mass is 9.83. The van der Waals surface area contributed by atoms with Crippen molar-refractivity contribution in [2.24, 2.45) is 5.41 Å². The largest absolute Gasteiger partial charge is 0.388 e. The number of benzene rings is 1. The highest BCUT2D eigenvalue weighted by molar-refractivity contribution is 6.35. The van der Waals surface area contributed by atoms with Crippen LogP contribution < -0.4 is 0 Å². The number of hydrogen-bond donors (Lipinski definition) is 1. The van der Waals surface area contributed by atoms with Crippen molar-refractivity contribution in [1.29, 1.82) is 0 Å². The zero-order valence-electron chi connectivity index (χ0n) is 9.63. The van der Waals surface area contributed by atoms with Crippen molar-refractivity contribution >= 4 is 23.2 Å². The minimum absolute atomic E-state index is 0.397. The summed E-state index contributed by atoms with van der Waals surface area (Å²) in [6, 6.07) is 5.09. The van der Waals surface area contributed by atoms with Gasteiger partial charge in [-0.25, -0.2) is 0 Å². The van der Waals surface area contributed by atoms with E-state index in [9.17, 15) is 5.11 Å². The molecule has 0 aliphatic heterocycles. The number of aliphatic hydroxyl groups excluding tert-OH is 1. The van der Waals surface area contributed by atoms with Gasteiger partial charge in [-0.15, -0.1) is 0 Å². The third-order valence-electron chi connectivity index (χ3n) is 2.51. The summed E-state index contributed by atoms with van der Waals surface area (Å²) in [6.45, 7) is 4.30. The number of halogens is 2. The van der Waals surface area contributed by atoms with Crippen LogP contribution in [0.5, 0.6) is 0 Å². The third kappa shape index (κ3) is 3.11. The predicted molar refractivity (Wildman–Crippen MR) is 67.1 cm³/mol. The van der Waals surface area contributed by atoms with Gasteiger partial charge in [-0.1, -0.05) is 43.1 Å². The molecule has 0 aliphatic carbocycles. The van der Waals surface area contributed by atoms with E-state index in [0.717, 1.165) is 0 Å². The first-order valence-corrected chi connectivity index (χ1v) is 5.76. The Hall–Kier alpha value is -0.280. The van der Waals surface area contributed by atoms with Crippen molar-refractivity contribution in [3.05, 3.63) is 33.8 Å². The van der Waals surface area contributed by atoms with Gasteiger partial charge in [0.2, 0.25) is 0 Å². The van der Waals surface area contributed by atoms with E-state index in [1.807, 2.05) is 13.8 Å². The van der Waals surface area contributed by atoms with Crippen molar-refractivity contribution in [3.8, 4) is 0 Å². The molecule has 0 fully saturated rings. The molecule has 0 saturated heterocycles. The molecule has 0 spiro atoms. The van der Waals surface area contributed by atoms with Crippen LogP contribution in [0.15, 0.2) is 18.2 Å². The van der Waals surface area contributed by atoms with Crippen molar-refractivity contribution in [2.45, 2.75) is 20.0 Å². The van der Waals surface area contributed by atoms with E-state index in [1.165, 1.54) is 0 Å². The third-order valence-corrected chi connectivity index (χ3v) is 3.08. The smallest absolute Gasteiger partial charge is 0.0877 e. The zero-order chi connectivity index (χ0) is 12.3. The van der Waals surface area contributed by atoms with Crippen molar-refractivity contribution in [3.63, 3.8) is 0 Å². The quantitative estimate of drug-likeness (QED) is 0.897. The highest BCUT2D eigenvalue weighted by atomic mass is 35.5. The fraction of sp³-hybridized carbons (Fsp3) is 0.500. The Labute approximate surface area is 106 Å². The maximum absolute atomic E-state index is 10.2. The van der Waals surface area contributed by atoms with E-state index >= 15 is 0 Å². The summed E-state index contributed by atoms with van der Waals surface area (Å²) < 4.78 is 5.08. The fourth-order valence-corrected chi connectivity index (χ4v) is 2.11. The number of methoxy groups -OCH3 is 1. The highest BCUT2D eigenvalue weighted by Gasteiger charge is 2.30. The molecule has 0 radical (unpaired) electrons. The van der Waals surface area contributed by atoms with E-state index < -0.39 is 11.5 Å². The first-order chi connectivity index (χ1) is 7.38. The van der Waals surface area contributed by atoms with Gasteiger partial charge >= 0.3 is 0 Å². The Bertz CT molecular complexity index is 364. The van der Waals surface area contributed by atoms with Gasteiger partial charge in [-0.2, -0.15) is 0 Å². The molecule has 0 amide bonds. The molecule has 1 N–H and O–H groups in total. The van der Waals surface area contributed by atoms with Gasteiger partial charge in [0.15, 0.2) is 0 Å². The van der Waals surface area contributed by atoms with Crippen LogP contribution in [-0.2, 0) is 4.74 Å². The Morgan fingerprint density at radius 1 is 1.38 bits per heavy atom. The minimum Gasteiger partial charge on any atom is -0.388 e. The molecule has 1 atom stereocenters. The summed E-state index contributed by atoms with van der Waals surface area (Å²) in [5, 5.41) is 11.3. The van der Waals surface area contributed by atoms with E-state index in [2.05, 4.69) is 0 Å². The average molecular weight is 263 g/mol. The second kappa shape index (κ2) is 5.37. The van der Waals surface area contributed by atoms with Gasteiger partial charge < -0.3 is 9.84 Å². The van der Waals surface area contributed by atoms with Crippen LogP contribution in [0.4, 0.5) is 0 Å². The Kier molecular flexibility index (Phi) is 4.62. The van der Waals surface area contributed by atoms with Gasteiger partial charge in [-0.3, -0.25) is 0 Å². The van der Waals surface area contributed by atoms with Gasteiger partial charge in [0.25, 0.3) is 0 Å². The molecule has 1 aromatic carbocycles. The Morgan fingerprint density at radius 2 is 2.00 bits per heavy atom. The maximum Gasteiger partial charge on any atom is 0.0877 e. The lowest BCUT2D eigenvalue weighted by molar-refractivity contribution is -0.00955. The first kappa shape index (κ1) is 13.8. The Balaban J connectivity index is 3.00. The molecular weight excluding hydrogens is 247 g/mol. The van der Waals surface area contributed by atoms with E-state index in [4.69, 9.17) is 27.9 Å². The molecule has 1 aromatic rings. The fourth-order valence-electron chi connectivity index (χ4n) is 1.60. The SMILES string of the molecule is COCC(C)(C)[C@@H](O)c1ccc(Cl)cc1Cl. The number of ether oxygens (including phenoxy) is 1. The monoisotopic (exact) mass is 262 g/mol. The molecule has 2 nitrogen and oxygen atoms in total. The average Bonchev–Trinajstić information content (AvgIpc) is 2.16. The summed E-state index contributed by atoms with van der Waals surface area (Å²) in [5.74, 6) is 0. The van der Waals surface area contributed by atoms with E-state index in [-0.39, 0.29) is 0 Å². The predicted octanol–water partition coefficient (Wildman–Crippen LogP) is 3.70. The topological polar surface area (TPSA) is 29.5 Å². The highest BCUT2D eigenvalue weighted by Crippen LogP contribution is 2.37. The number of hydrogen-bond acceptors (Lipinski definition) is 2. The molecule has 1 rings (SSSR count). The molecule has 0 saturated carbocycles. The summed E-state index contributed by atoms with van der Waals surface area (Å²) >= 11 is 11.9. The van der Waals surface area contributed by atoms with Gasteiger partial charge in [0, 0.05) is 22.6 Å². The molecule has 0 aromatic heterocycles. The van der Waals surface area contributed by atoms with Crippen molar-refractivity contribution in [1.82, 2.24) is 0 Å². The van der Waals surface area contributed by atoms with E-state index in [0.29, 0.717) is 22.2 Å².